The third-order valence-corrected chi connectivity index (χ3v) is 5.19. The molecule has 0 aromatic heterocycles. The van der Waals surface area contributed by atoms with Crippen LogP contribution in [0.1, 0.15) is 0 Å². The lowest BCUT2D eigenvalue weighted by molar-refractivity contribution is 0.384. The van der Waals surface area contributed by atoms with E-state index in [4.69, 9.17) is 0 Å². The molecule has 0 saturated heterocycles. The lowest BCUT2D eigenvalue weighted by Crippen LogP contribution is -2.57. The molecule has 0 unspecified atom stereocenters. The highest BCUT2D eigenvalue weighted by Gasteiger charge is 2.38. The molecule has 4 aromatic rings. The van der Waals surface area contributed by atoms with Gasteiger partial charge in [-0.05, 0) is 29.0 Å². The van der Waals surface area contributed by atoms with E-state index < -0.39 is 97.9 Å². The van der Waals surface area contributed by atoms with Crippen molar-refractivity contribution in [3.63, 3.8) is 0 Å². The topological polar surface area (TPSA) is 0 Å². The van der Waals surface area contributed by atoms with Gasteiger partial charge in [0.15, 0.2) is 40.7 Å². The second-order valence-electron chi connectivity index (χ2n) is 7.15. The number of benzene rings is 4. The third-order valence-electron chi connectivity index (χ3n) is 5.19. The van der Waals surface area contributed by atoms with Crippen LogP contribution in [0.25, 0.3) is 10.8 Å². The number of halogens is 11. The minimum absolute atomic E-state index is 0.0382. The molecule has 0 spiro atoms. The SMILES string of the molecule is Fc1cc(F)c(F)c(B(c2c(F)c(F)c(F)c(F)c2F)c2ccc(F)c3c(F)cc(F)cc23)c1. The Morgan fingerprint density at radius 1 is 0.441 bits per heavy atom. The van der Waals surface area contributed by atoms with Gasteiger partial charge in [0.05, 0.1) is 5.39 Å². The molecule has 12 heteroatoms. The monoisotopic (exact) mass is 490 g/mol. The van der Waals surface area contributed by atoms with Crippen LogP contribution in [-0.4, -0.2) is 6.71 Å². The van der Waals surface area contributed by atoms with Gasteiger partial charge in [-0.2, -0.15) is 0 Å². The Morgan fingerprint density at radius 2 is 0.971 bits per heavy atom. The van der Waals surface area contributed by atoms with Crippen molar-refractivity contribution in [2.45, 2.75) is 0 Å². The number of hydrogen-bond donors (Lipinski definition) is 0. The van der Waals surface area contributed by atoms with Gasteiger partial charge in [0.1, 0.15) is 23.3 Å². The summed E-state index contributed by atoms with van der Waals surface area (Å²) in [5.74, 6) is -22.1. The molecule has 0 fully saturated rings. The number of fused-ring (bicyclic) bond motifs is 1. The average molecular weight is 490 g/mol. The van der Waals surface area contributed by atoms with Gasteiger partial charge in [0.25, 0.3) is 6.71 Å². The Bertz CT molecular complexity index is 1450. The van der Waals surface area contributed by atoms with Gasteiger partial charge in [0.2, 0.25) is 0 Å². The van der Waals surface area contributed by atoms with Crippen molar-refractivity contribution in [2.75, 3.05) is 0 Å². The van der Waals surface area contributed by atoms with Crippen LogP contribution in [0.4, 0.5) is 48.3 Å². The zero-order chi connectivity index (χ0) is 25.1. The normalized spacial score (nSPS) is 11.4. The number of rotatable bonds is 3. The second-order valence-corrected chi connectivity index (χ2v) is 7.15. The molecule has 4 rings (SSSR count). The summed E-state index contributed by atoms with van der Waals surface area (Å²) < 4.78 is 156. The van der Waals surface area contributed by atoms with Crippen molar-refractivity contribution >= 4 is 33.9 Å². The Kier molecular flexibility index (Phi) is 5.78. The highest BCUT2D eigenvalue weighted by atomic mass is 19.2. The van der Waals surface area contributed by atoms with Gasteiger partial charge >= 0.3 is 0 Å². The van der Waals surface area contributed by atoms with Gasteiger partial charge in [-0.15, -0.1) is 0 Å². The van der Waals surface area contributed by atoms with Gasteiger partial charge in [-0.1, -0.05) is 11.5 Å². The van der Waals surface area contributed by atoms with Crippen LogP contribution in [0.2, 0.25) is 0 Å². The summed E-state index contributed by atoms with van der Waals surface area (Å²) in [6, 6.07) is 2.03. The van der Waals surface area contributed by atoms with E-state index in [1.165, 1.54) is 0 Å². The molecule has 0 aliphatic rings. The summed E-state index contributed by atoms with van der Waals surface area (Å²) in [7, 11) is 0. The quantitative estimate of drug-likeness (QED) is 0.166. The predicted molar refractivity (Wildman–Crippen MR) is 101 cm³/mol. The van der Waals surface area contributed by atoms with Crippen LogP contribution < -0.4 is 16.4 Å². The molecule has 0 radical (unpaired) electrons. The zero-order valence-corrected chi connectivity index (χ0v) is 16.2. The summed E-state index contributed by atoms with van der Waals surface area (Å²) in [6.45, 7) is -2.56. The lowest BCUT2D eigenvalue weighted by Gasteiger charge is -2.21. The molecule has 0 heterocycles. The summed E-state index contributed by atoms with van der Waals surface area (Å²) in [6.07, 6.45) is 0. The van der Waals surface area contributed by atoms with Crippen molar-refractivity contribution in [2.24, 2.45) is 0 Å². The minimum atomic E-state index is -2.58. The van der Waals surface area contributed by atoms with E-state index in [0.29, 0.717) is 18.2 Å². The van der Waals surface area contributed by atoms with Crippen molar-refractivity contribution in [1.29, 1.82) is 0 Å². The molecule has 0 bridgehead atoms. The Morgan fingerprint density at radius 3 is 1.59 bits per heavy atom. The Hall–Kier alpha value is -3.57. The second kappa shape index (κ2) is 8.34. The first-order chi connectivity index (χ1) is 15.9. The summed E-state index contributed by atoms with van der Waals surface area (Å²) >= 11 is 0. The van der Waals surface area contributed by atoms with Crippen LogP contribution >= 0.6 is 0 Å². The van der Waals surface area contributed by atoms with Crippen LogP contribution in [0.5, 0.6) is 0 Å². The zero-order valence-electron chi connectivity index (χ0n) is 16.2. The summed E-state index contributed by atoms with van der Waals surface area (Å²) in [5, 5.41) is -1.79. The average Bonchev–Trinajstić information content (AvgIpc) is 2.77. The van der Waals surface area contributed by atoms with E-state index in [0.717, 1.165) is 0 Å². The molecule has 0 N–H and O–H groups in total. The van der Waals surface area contributed by atoms with E-state index in [1.807, 2.05) is 0 Å². The molecule has 0 nitrogen and oxygen atoms in total. The highest BCUT2D eigenvalue weighted by Crippen LogP contribution is 2.24. The maximum absolute atomic E-state index is 14.7. The number of hydrogen-bond acceptors (Lipinski definition) is 0. The van der Waals surface area contributed by atoms with Crippen molar-refractivity contribution in [1.82, 2.24) is 0 Å². The third kappa shape index (κ3) is 3.57. The molecule has 0 aliphatic carbocycles. The van der Waals surface area contributed by atoms with E-state index in [1.54, 1.807) is 0 Å². The fourth-order valence-corrected chi connectivity index (χ4v) is 3.77. The molecule has 0 aliphatic heterocycles. The van der Waals surface area contributed by atoms with Gasteiger partial charge in [-0.25, -0.2) is 48.3 Å². The maximum Gasteiger partial charge on any atom is 0.254 e. The van der Waals surface area contributed by atoms with Gasteiger partial charge < -0.3 is 0 Å². The molecule has 34 heavy (non-hydrogen) atoms. The molecule has 0 amide bonds. The highest BCUT2D eigenvalue weighted by molar-refractivity contribution is 6.97. The first kappa shape index (κ1) is 23.6. The van der Waals surface area contributed by atoms with Crippen LogP contribution in [0.3, 0.4) is 0 Å². The smallest absolute Gasteiger partial charge is 0.207 e. The maximum atomic E-state index is 14.7. The largest absolute Gasteiger partial charge is 0.254 e. The predicted octanol–water partition coefficient (Wildman–Crippen LogP) is 4.89. The Labute approximate surface area is 183 Å². The lowest BCUT2D eigenvalue weighted by atomic mass is 9.35. The molecule has 0 atom stereocenters. The first-order valence-electron chi connectivity index (χ1n) is 9.16. The minimum Gasteiger partial charge on any atom is -0.207 e. The van der Waals surface area contributed by atoms with E-state index in [2.05, 4.69) is 0 Å². The molecule has 4 aromatic carbocycles. The fraction of sp³-hybridized carbons (Fsp3) is 0. The van der Waals surface area contributed by atoms with E-state index in [9.17, 15) is 48.3 Å². The fourth-order valence-electron chi connectivity index (χ4n) is 3.77. The van der Waals surface area contributed by atoms with Crippen molar-refractivity contribution < 1.29 is 48.3 Å². The first-order valence-corrected chi connectivity index (χ1v) is 9.16. The van der Waals surface area contributed by atoms with Crippen LogP contribution in [-0.2, 0) is 0 Å². The summed E-state index contributed by atoms with van der Waals surface area (Å²) in [4.78, 5) is 0. The molecule has 174 valence electrons. The van der Waals surface area contributed by atoms with Gasteiger partial charge in [-0.3, -0.25) is 0 Å². The van der Waals surface area contributed by atoms with E-state index in [-0.39, 0.29) is 18.2 Å². The van der Waals surface area contributed by atoms with Crippen molar-refractivity contribution in [3.05, 3.63) is 100 Å². The Balaban J connectivity index is 2.24. The molecule has 0 saturated carbocycles. The standard InChI is InChI=1S/C22H6BF11/c24-7-3-9-10(1-2-12(26)15(9)13(27)5-7)23(11-4-8(25)6-14(28)17(11)29)16-18(30)20(32)22(34)21(33)19(16)31/h1-6H. The summed E-state index contributed by atoms with van der Waals surface area (Å²) in [5.41, 5.74) is -3.86. The van der Waals surface area contributed by atoms with Crippen LogP contribution in [0.15, 0.2) is 36.4 Å². The van der Waals surface area contributed by atoms with Crippen LogP contribution in [0, 0.1) is 64.0 Å². The van der Waals surface area contributed by atoms with Gasteiger partial charge in [0, 0.05) is 17.6 Å². The molecular formula is C22H6BF11. The van der Waals surface area contributed by atoms with Crippen molar-refractivity contribution in [3.8, 4) is 0 Å². The van der Waals surface area contributed by atoms with E-state index >= 15 is 0 Å². The molecular weight excluding hydrogens is 484 g/mol.